The van der Waals surface area contributed by atoms with Gasteiger partial charge < -0.3 is 39.9 Å². The number of unbranched alkanes of at least 4 members (excludes halogenated alkanes) is 8. The second-order valence-corrected chi connectivity index (χ2v) is 18.3. The van der Waals surface area contributed by atoms with Crippen LogP contribution in [0, 0.1) is 0 Å². The molecule has 0 aromatic carbocycles. The maximum absolute atomic E-state index is 12.8. The van der Waals surface area contributed by atoms with E-state index in [-0.39, 0.29) is 12.8 Å². The van der Waals surface area contributed by atoms with Crippen molar-refractivity contribution >= 4 is 19.8 Å². The van der Waals surface area contributed by atoms with Crippen LogP contribution in [0.1, 0.15) is 155 Å². The predicted molar refractivity (Wildman–Crippen MR) is 276 cm³/mol. The van der Waals surface area contributed by atoms with Gasteiger partial charge in [-0.3, -0.25) is 18.6 Å². The maximum atomic E-state index is 12.8. The summed E-state index contributed by atoms with van der Waals surface area (Å²) >= 11 is 0. The highest BCUT2D eigenvalue weighted by Gasteiger charge is 2.51. The molecule has 0 bridgehead atoms. The van der Waals surface area contributed by atoms with Crippen LogP contribution < -0.4 is 0 Å². The highest BCUT2D eigenvalue weighted by Crippen LogP contribution is 2.47. The Hall–Kier alpha value is -3.75. The quantitative estimate of drug-likeness (QED) is 0.0146. The molecule has 0 heterocycles. The van der Waals surface area contributed by atoms with Gasteiger partial charge in [-0.2, -0.15) is 0 Å². The molecule has 1 rings (SSSR count). The van der Waals surface area contributed by atoms with E-state index in [4.69, 9.17) is 18.5 Å². The van der Waals surface area contributed by atoms with Crippen molar-refractivity contribution in [3.8, 4) is 0 Å². The SMILES string of the molecule is CC/C=C/C/C=C/C/C=C/C/C=C/C/C=C/C/C=C/CCC(=O)O[C@@H](COC(=O)CCC/C=C/C/C=C/C/C=C/C/C=C/CCCCCCCCC)COP(=O)(O)OC1C(O)C(O)C(O)[C@H](O)C1O. The molecule has 8 atom stereocenters. The first-order chi connectivity index (χ1) is 33.4. The molecule has 1 saturated carbocycles. The van der Waals surface area contributed by atoms with E-state index >= 15 is 0 Å². The van der Waals surface area contributed by atoms with E-state index in [0.29, 0.717) is 25.7 Å². The monoisotopic (exact) mass is 987 g/mol. The third-order valence-corrected chi connectivity index (χ3v) is 11.8. The number of phosphoric acid groups is 1. The summed E-state index contributed by atoms with van der Waals surface area (Å²) in [6.07, 6.45) is 48.4. The molecule has 6 unspecified atom stereocenters. The zero-order chi connectivity index (χ0) is 50.6. The minimum Gasteiger partial charge on any atom is -0.462 e. The Morgan fingerprint density at radius 3 is 1.32 bits per heavy atom. The molecule has 1 fully saturated rings. The number of ether oxygens (including phenoxy) is 2. The summed E-state index contributed by atoms with van der Waals surface area (Å²) in [6.45, 7) is 3.07. The minimum atomic E-state index is -5.16. The molecular formula is C55H87O13P. The fourth-order valence-corrected chi connectivity index (χ4v) is 7.75. The van der Waals surface area contributed by atoms with Crippen molar-refractivity contribution in [2.45, 2.75) is 198 Å². The summed E-state index contributed by atoms with van der Waals surface area (Å²) in [5.74, 6) is -1.27. The van der Waals surface area contributed by atoms with Crippen LogP contribution in [0.4, 0.5) is 0 Å². The molecule has 13 nitrogen and oxygen atoms in total. The van der Waals surface area contributed by atoms with E-state index in [1.807, 2.05) is 30.4 Å². The first-order valence-electron chi connectivity index (χ1n) is 25.3. The largest absolute Gasteiger partial charge is 0.472 e. The molecule has 0 aromatic heterocycles. The summed E-state index contributed by atoms with van der Waals surface area (Å²) in [5.41, 5.74) is 0. The predicted octanol–water partition coefficient (Wildman–Crippen LogP) is 10.9. The van der Waals surface area contributed by atoms with Crippen LogP contribution in [0.2, 0.25) is 0 Å². The number of carbonyl (C=O) groups is 2. The molecule has 1 aliphatic rings. The first kappa shape index (κ1) is 63.3. The van der Waals surface area contributed by atoms with Gasteiger partial charge in [0, 0.05) is 12.8 Å². The smallest absolute Gasteiger partial charge is 0.462 e. The number of phosphoric ester groups is 1. The number of rotatable bonds is 40. The summed E-state index contributed by atoms with van der Waals surface area (Å²) in [7, 11) is -5.16. The molecule has 0 aromatic rings. The summed E-state index contributed by atoms with van der Waals surface area (Å²) < 4.78 is 33.5. The normalized spacial score (nSPS) is 21.9. The molecule has 0 saturated heterocycles. The number of hydrogen-bond acceptors (Lipinski definition) is 12. The third-order valence-electron chi connectivity index (χ3n) is 10.8. The van der Waals surface area contributed by atoms with Gasteiger partial charge in [-0.05, 0) is 89.9 Å². The van der Waals surface area contributed by atoms with Gasteiger partial charge in [-0.25, -0.2) is 4.57 Å². The Morgan fingerprint density at radius 1 is 0.464 bits per heavy atom. The van der Waals surface area contributed by atoms with Crippen LogP contribution >= 0.6 is 7.82 Å². The van der Waals surface area contributed by atoms with Crippen molar-refractivity contribution in [3.63, 3.8) is 0 Å². The van der Waals surface area contributed by atoms with Crippen molar-refractivity contribution < 1.29 is 63.1 Å². The average molecular weight is 987 g/mol. The van der Waals surface area contributed by atoms with Gasteiger partial charge in [-0.15, -0.1) is 0 Å². The number of esters is 2. The van der Waals surface area contributed by atoms with Gasteiger partial charge in [0.15, 0.2) is 6.10 Å². The van der Waals surface area contributed by atoms with Gasteiger partial charge in [0.2, 0.25) is 0 Å². The van der Waals surface area contributed by atoms with E-state index < -0.39 is 75.7 Å². The molecule has 0 aliphatic heterocycles. The standard InChI is InChI=1S/C55H87O13P/c1-3-5-7-9-11-13-15-17-19-21-23-24-26-27-29-31-33-35-37-39-41-43-48(56)65-45-47(46-66-69(63,64)68-55-53(61)51(59)50(58)52(60)54(55)62)67-49(57)44-42-40-38-36-34-32-30-28-25-22-20-18-16-14-12-10-8-6-4-2/h6,8,12,14,18-21,24-26,28-29,31-32,34-35,37-38,40,47,50-55,58-62H,3-5,7,9-11,13,15-17,22-23,27,30,33,36,39,41-46H2,1-2H3,(H,63,64)/b8-6+,14-12+,20-18+,21-19+,26-24+,28-25+,31-29+,34-32+,37-35+,40-38+/t47-,50?,51-,52?,53?,54?,55?/m0/s1. The number of aliphatic hydroxyl groups is 5. The number of carbonyl (C=O) groups excluding carboxylic acids is 2. The molecule has 390 valence electrons. The van der Waals surface area contributed by atoms with Crippen molar-refractivity contribution in [1.29, 1.82) is 0 Å². The lowest BCUT2D eigenvalue weighted by Gasteiger charge is -2.41. The number of allylic oxidation sites excluding steroid dienone is 20. The number of aliphatic hydroxyl groups excluding tert-OH is 5. The van der Waals surface area contributed by atoms with Gasteiger partial charge in [0.25, 0.3) is 0 Å². The first-order valence-corrected chi connectivity index (χ1v) is 26.8. The van der Waals surface area contributed by atoms with E-state index in [9.17, 15) is 44.6 Å². The Labute approximate surface area is 414 Å². The lowest BCUT2D eigenvalue weighted by atomic mass is 9.85. The van der Waals surface area contributed by atoms with Crippen molar-refractivity contribution in [2.75, 3.05) is 13.2 Å². The van der Waals surface area contributed by atoms with Gasteiger partial charge in [0.1, 0.15) is 43.2 Å². The van der Waals surface area contributed by atoms with Crippen molar-refractivity contribution in [3.05, 3.63) is 122 Å². The minimum absolute atomic E-state index is 0.0479. The summed E-state index contributed by atoms with van der Waals surface area (Å²) in [5, 5.41) is 50.2. The molecule has 0 spiro atoms. The molecule has 0 radical (unpaired) electrons. The van der Waals surface area contributed by atoms with E-state index in [1.54, 1.807) is 0 Å². The molecule has 14 heteroatoms. The fraction of sp³-hybridized carbons (Fsp3) is 0.600. The maximum Gasteiger partial charge on any atom is 0.472 e. The van der Waals surface area contributed by atoms with Gasteiger partial charge in [0.05, 0.1) is 6.61 Å². The lowest BCUT2D eigenvalue weighted by molar-refractivity contribution is -0.220. The van der Waals surface area contributed by atoms with Crippen LogP contribution in [-0.2, 0) is 32.7 Å². The Balaban J connectivity index is 2.52. The van der Waals surface area contributed by atoms with Crippen LogP contribution in [0.5, 0.6) is 0 Å². The number of hydrogen-bond donors (Lipinski definition) is 6. The molecule has 0 amide bonds. The zero-order valence-corrected chi connectivity index (χ0v) is 42.4. The lowest BCUT2D eigenvalue weighted by Crippen LogP contribution is -2.64. The van der Waals surface area contributed by atoms with Gasteiger partial charge >= 0.3 is 19.8 Å². The Bertz CT molecular complexity index is 1660. The van der Waals surface area contributed by atoms with Crippen molar-refractivity contribution in [2.24, 2.45) is 0 Å². The molecule has 1 aliphatic carbocycles. The van der Waals surface area contributed by atoms with Crippen LogP contribution in [0.15, 0.2) is 122 Å². The Morgan fingerprint density at radius 2 is 0.855 bits per heavy atom. The van der Waals surface area contributed by atoms with E-state index in [0.717, 1.165) is 57.8 Å². The molecule has 6 N–H and O–H groups in total. The highest BCUT2D eigenvalue weighted by molar-refractivity contribution is 7.47. The average Bonchev–Trinajstić information content (AvgIpc) is 3.33. The second kappa shape index (κ2) is 43.1. The summed E-state index contributed by atoms with van der Waals surface area (Å²) in [6, 6.07) is 0. The molecule has 69 heavy (non-hydrogen) atoms. The van der Waals surface area contributed by atoms with E-state index in [1.165, 1.54) is 44.9 Å². The Kier molecular flexibility index (Phi) is 39.5. The van der Waals surface area contributed by atoms with Crippen LogP contribution in [0.25, 0.3) is 0 Å². The van der Waals surface area contributed by atoms with Gasteiger partial charge in [-0.1, -0.05) is 174 Å². The van der Waals surface area contributed by atoms with Crippen LogP contribution in [0.3, 0.4) is 0 Å². The zero-order valence-electron chi connectivity index (χ0n) is 41.5. The fourth-order valence-electron chi connectivity index (χ4n) is 6.78. The van der Waals surface area contributed by atoms with Crippen molar-refractivity contribution in [1.82, 2.24) is 0 Å². The highest BCUT2D eigenvalue weighted by atomic mass is 31.2. The van der Waals surface area contributed by atoms with Crippen LogP contribution in [-0.4, -0.2) is 98.3 Å². The van der Waals surface area contributed by atoms with E-state index in [2.05, 4.69) is 105 Å². The topological polar surface area (TPSA) is 210 Å². The summed E-state index contributed by atoms with van der Waals surface area (Å²) in [4.78, 5) is 35.8. The second-order valence-electron chi connectivity index (χ2n) is 16.9. The third kappa shape index (κ3) is 35.1. The molecular weight excluding hydrogens is 900 g/mol.